The van der Waals surface area contributed by atoms with Crippen molar-refractivity contribution < 1.29 is 289 Å². The van der Waals surface area contributed by atoms with Crippen LogP contribution in [0.15, 0.2) is 0 Å². The average Bonchev–Trinajstić information content (AvgIpc) is 0.757. The molecular formula is C58H82N4O62S6-10. The maximum atomic E-state index is 12.7. The molecule has 8 heterocycles. The molecule has 0 saturated carbocycles. The first kappa shape index (κ1) is 111. The number of rotatable bonds is 36. The second-order valence-electron chi connectivity index (χ2n) is 28.9. The summed E-state index contributed by atoms with van der Waals surface area (Å²) in [5.41, 5.74) is 0. The first-order valence-electron chi connectivity index (χ1n) is 36.5. The number of hydrogen-bond acceptors (Lipinski definition) is 62. The molecule has 8 saturated heterocycles. The quantitative estimate of drug-likeness (QED) is 0.0205. The largest absolute Gasteiger partial charge is 0.726 e. The lowest BCUT2D eigenvalue weighted by Gasteiger charge is -2.51. The molecule has 0 radical (unpaired) electrons. The van der Waals surface area contributed by atoms with Crippen LogP contribution in [-0.4, -0.2) is 458 Å². The Hall–Kier alpha value is -6.06. The number of aliphatic hydroxyl groups is 12. The molecule has 0 aromatic heterocycles. The second kappa shape index (κ2) is 44.8. The van der Waals surface area contributed by atoms with Gasteiger partial charge in [0.25, 0.3) is 0 Å². The van der Waals surface area contributed by atoms with Gasteiger partial charge in [0.1, 0.15) is 183 Å². The van der Waals surface area contributed by atoms with Gasteiger partial charge in [0.05, 0.1) is 74.6 Å². The van der Waals surface area contributed by atoms with Gasteiger partial charge < -0.3 is 216 Å². The summed E-state index contributed by atoms with van der Waals surface area (Å²) in [6.07, 6.45) is -85.5. The minimum absolute atomic E-state index is 0.691. The van der Waals surface area contributed by atoms with Gasteiger partial charge in [0.15, 0.2) is 37.7 Å². The van der Waals surface area contributed by atoms with E-state index in [9.17, 15) is 198 Å². The summed E-state index contributed by atoms with van der Waals surface area (Å²) in [6, 6.07) is -7.64. The van der Waals surface area contributed by atoms with Gasteiger partial charge >= 0.3 is 0 Å². The van der Waals surface area contributed by atoms with Crippen LogP contribution in [0.1, 0.15) is 41.5 Å². The molecule has 0 bridgehead atoms. The summed E-state index contributed by atoms with van der Waals surface area (Å²) in [7, 11) is -34.4. The van der Waals surface area contributed by atoms with Gasteiger partial charge in [-0.15, -0.1) is 0 Å². The summed E-state index contributed by atoms with van der Waals surface area (Å²) in [5.74, 6) is -13.1. The van der Waals surface area contributed by atoms with Crippen LogP contribution in [0.2, 0.25) is 0 Å². The number of hydrogen-bond donors (Lipinski definition) is 16. The normalized spacial score (nSPS) is 40.7. The zero-order valence-corrected chi connectivity index (χ0v) is 71.0. The first-order chi connectivity index (χ1) is 59.6. The highest BCUT2D eigenvalue weighted by molar-refractivity contribution is 7.82. The predicted molar refractivity (Wildman–Crippen MR) is 364 cm³/mol. The van der Waals surface area contributed by atoms with Crippen molar-refractivity contribution in [3.63, 3.8) is 0 Å². The Morgan fingerprint density at radius 2 is 0.492 bits per heavy atom. The van der Waals surface area contributed by atoms with Crippen LogP contribution in [0, 0.1) is 0 Å². The Kier molecular flexibility index (Phi) is 38.3. The molecule has 40 atom stereocenters. The molecule has 16 N–H and O–H groups in total. The van der Waals surface area contributed by atoms with E-state index in [1.165, 1.54) is 6.92 Å². The summed E-state index contributed by atoms with van der Waals surface area (Å²) < 4.78 is 308. The van der Waals surface area contributed by atoms with Crippen molar-refractivity contribution >= 4 is 110 Å². The van der Waals surface area contributed by atoms with E-state index in [0.29, 0.717) is 6.92 Å². The Morgan fingerprint density at radius 1 is 0.262 bits per heavy atom. The van der Waals surface area contributed by atoms with Crippen LogP contribution >= 0.6 is 0 Å². The Morgan fingerprint density at radius 3 is 0.800 bits per heavy atom. The molecule has 130 heavy (non-hydrogen) atoms. The van der Waals surface area contributed by atoms with Gasteiger partial charge in [-0.3, -0.25) is 44.3 Å². The van der Waals surface area contributed by atoms with E-state index in [-0.39, 0.29) is 0 Å². The number of nitrogens with one attached hydrogen (secondary N) is 4. The van der Waals surface area contributed by atoms with Gasteiger partial charge in [-0.1, -0.05) is 0 Å². The Bertz CT molecular complexity index is 4660. The van der Waals surface area contributed by atoms with E-state index < -0.39 is 381 Å². The van der Waals surface area contributed by atoms with Gasteiger partial charge in [0.2, 0.25) is 86.0 Å². The summed E-state index contributed by atoms with van der Waals surface area (Å²) >= 11 is 0. The fourth-order valence-electron chi connectivity index (χ4n) is 14.1. The number of aliphatic hydroxyl groups excluding tert-OH is 12. The molecule has 8 aliphatic heterocycles. The maximum Gasteiger partial charge on any atom is 0.218 e. The van der Waals surface area contributed by atoms with Crippen molar-refractivity contribution in [3.05, 3.63) is 0 Å². The van der Waals surface area contributed by atoms with Crippen LogP contribution in [0.3, 0.4) is 0 Å². The maximum absolute atomic E-state index is 12.7. The van der Waals surface area contributed by atoms with E-state index in [4.69, 9.17) is 66.3 Å². The predicted octanol–water partition coefficient (Wildman–Crippen LogP) is -24.8. The highest BCUT2D eigenvalue weighted by Crippen LogP contribution is 2.40. The van der Waals surface area contributed by atoms with Gasteiger partial charge in [-0.2, -0.15) is 0 Å². The lowest BCUT2D eigenvalue weighted by atomic mass is 9.92. The van der Waals surface area contributed by atoms with Crippen molar-refractivity contribution in [2.75, 3.05) is 26.4 Å². The monoisotopic (exact) mass is 2020 g/mol. The fraction of sp³-hybridized carbons (Fsp3) is 0.862. The standard InChI is InChI=1S/C29H46N2O34S4.C29H46N2O28S2/c1-6-11(30-7(2)32)20(18(64-68(49,50)51)9(57-6)4-55-66(43,44)45)59-29-17(38)15(36)22(24(63-29)26(41)42)61-27-12(31-8(3)33)21(60-28-16(37)13(34)14(35)23(62-28)25(39)40)19(65-69(52,53)54)10(58-27)5-56-67(46,47)48;1-6-11(30-7(2)32)20(13(34)9(53-6)4-51-60(45,46)47)55-29-19(40)17(38)22(24(59-29)26(43)44)57-27-12(31-8(3)33)21(14(35)10(54-27)5-52-61(48,49)50)56-28-18(39)15(36)16(37)23(58-28)25(41)42/h6,9-24,27-29,34-38H,4-5H2,1-3H3,(H,30,32)(H,31,33)(H,39,40)(H,41,42)(H,43,44,45)(H,46,47,48)(H,49,50,51)(H,52,53,54);6,9-24,27-29,34-40H,4-5H2,1-3H3,(H,30,32)(H,31,33)(H,41,42)(H,43,44)(H,45,46,47)(H,48,49,50)/p-10. The second-order valence-corrected chi connectivity index (χ2v) is 35.2. The lowest BCUT2D eigenvalue weighted by Crippen LogP contribution is -2.71. The Labute approximate surface area is 730 Å². The molecule has 0 aliphatic carbocycles. The van der Waals surface area contributed by atoms with E-state index in [1.54, 1.807) is 0 Å². The molecule has 0 aromatic carbocycles. The first-order valence-corrected chi connectivity index (χ1v) is 44.5. The van der Waals surface area contributed by atoms with E-state index in [1.807, 2.05) is 5.32 Å². The third-order valence-corrected chi connectivity index (χ3v) is 22.2. The number of carbonyl (C=O) groups excluding carboxylic acids is 8. The number of carbonyl (C=O) groups is 8. The molecule has 752 valence electrons. The topological polar surface area (TPSA) is 1050 Å². The third-order valence-electron chi connectivity index (χ3n) is 19.6. The molecule has 4 amide bonds. The summed E-state index contributed by atoms with van der Waals surface area (Å²) in [5, 5.41) is 187. The fourth-order valence-corrected chi connectivity index (χ4v) is 16.3. The van der Waals surface area contributed by atoms with Gasteiger partial charge in [-0.25, -0.2) is 50.5 Å². The minimum Gasteiger partial charge on any atom is -0.726 e. The summed E-state index contributed by atoms with van der Waals surface area (Å²) in [4.78, 5) is 97.8. The van der Waals surface area contributed by atoms with Crippen LogP contribution in [0.25, 0.3) is 0 Å². The average molecular weight is 2020 g/mol. The van der Waals surface area contributed by atoms with Crippen LogP contribution in [-0.2, 0) is 192 Å². The molecule has 0 aromatic rings. The van der Waals surface area contributed by atoms with Crippen LogP contribution in [0.4, 0.5) is 0 Å². The van der Waals surface area contributed by atoms with Crippen molar-refractivity contribution in [1.29, 1.82) is 0 Å². The molecule has 0 spiro atoms. The SMILES string of the molecule is CC(=O)NC1C(C)OC(COS(=O)(=O)[O-])C(O)C1OC1OC(C(=O)[O-])C(OC2OC(COS(=O)(=O)[O-])C(O)C(OC3OC(C(=O)[O-])C(O)C(O)C3O)C2NC(C)=O)C(O)C1O.CC(=O)NC1C(C)OC(COS(=O)(=O)[O-])C(OS(=O)(=O)[O-])C1OC1OC(C(=O)[O-])C(OC2OC(COS(=O)(=O)[O-])C(OS(=O)(=O)[O-])C(OC3OC(C(=O)[O-])C(O)C(O)C3O)C2NC(C)=O)C(O)C1O. The van der Waals surface area contributed by atoms with Crippen molar-refractivity contribution in [1.82, 2.24) is 21.3 Å². The zero-order valence-electron chi connectivity index (χ0n) is 66.2. The van der Waals surface area contributed by atoms with Crippen molar-refractivity contribution in [2.45, 2.75) is 287 Å². The van der Waals surface area contributed by atoms with Gasteiger partial charge in [-0.05, 0) is 13.8 Å². The molecule has 72 heteroatoms. The molecule has 40 unspecified atom stereocenters. The zero-order chi connectivity index (χ0) is 98.5. The third kappa shape index (κ3) is 30.0. The minimum atomic E-state index is -6.11. The molecule has 8 aliphatic rings. The van der Waals surface area contributed by atoms with Gasteiger partial charge in [0, 0.05) is 27.7 Å². The molecule has 8 rings (SSSR count). The number of ether oxygens (including phenoxy) is 14. The highest BCUT2D eigenvalue weighted by Gasteiger charge is 2.61. The highest BCUT2D eigenvalue weighted by atomic mass is 32.3. The lowest BCUT2D eigenvalue weighted by molar-refractivity contribution is -0.384. The van der Waals surface area contributed by atoms with Crippen molar-refractivity contribution in [3.8, 4) is 0 Å². The van der Waals surface area contributed by atoms with Crippen molar-refractivity contribution in [2.24, 2.45) is 0 Å². The Balaban J connectivity index is 0.000000358. The number of carboxylic acid groups (broad SMARTS) is 4. The van der Waals surface area contributed by atoms with E-state index >= 15 is 0 Å². The molecule has 66 nitrogen and oxygen atoms in total. The number of amides is 4. The smallest absolute Gasteiger partial charge is 0.218 e. The van der Waals surface area contributed by atoms with E-state index in [2.05, 4.69) is 41.0 Å². The van der Waals surface area contributed by atoms with E-state index in [0.717, 1.165) is 27.7 Å². The number of aliphatic carboxylic acids is 4. The molecule has 8 fully saturated rings. The van der Waals surface area contributed by atoms with Crippen LogP contribution < -0.4 is 41.7 Å². The van der Waals surface area contributed by atoms with Crippen LogP contribution in [0.5, 0.6) is 0 Å². The molecular weight excluding hydrogens is 1940 g/mol. The summed E-state index contributed by atoms with van der Waals surface area (Å²) in [6.45, 7) is 0.143. The number of carboxylic acids is 4.